The van der Waals surface area contributed by atoms with Gasteiger partial charge in [-0.3, -0.25) is 9.69 Å². The van der Waals surface area contributed by atoms with E-state index in [1.54, 1.807) is 18.4 Å². The van der Waals surface area contributed by atoms with Gasteiger partial charge in [-0.15, -0.1) is 0 Å². The third-order valence-electron chi connectivity index (χ3n) is 5.63. The quantitative estimate of drug-likeness (QED) is 0.800. The summed E-state index contributed by atoms with van der Waals surface area (Å²) in [7, 11) is 1.92. The average molecular weight is 370 g/mol. The number of phenols is 1. The Balaban J connectivity index is 1.66. The Morgan fingerprint density at radius 2 is 1.85 bits per heavy atom. The molecule has 0 saturated heterocycles. The van der Waals surface area contributed by atoms with Gasteiger partial charge in [-0.25, -0.2) is 0 Å². The summed E-state index contributed by atoms with van der Waals surface area (Å²) in [5, 5.41) is 10.1. The maximum absolute atomic E-state index is 12.9. The molecule has 0 bridgehead atoms. The van der Waals surface area contributed by atoms with Crippen molar-refractivity contribution in [1.82, 2.24) is 9.80 Å². The molecule has 1 fully saturated rings. The molecule has 3 rings (SSSR count). The topological polar surface area (TPSA) is 56.9 Å². The number of furan rings is 1. The zero-order valence-corrected chi connectivity index (χ0v) is 16.3. The number of nitrogens with zero attached hydrogens (tertiary/aromatic N) is 2. The molecule has 0 atom stereocenters. The van der Waals surface area contributed by atoms with Crippen LogP contribution in [0.4, 0.5) is 0 Å². The smallest absolute Gasteiger partial charge is 0.236 e. The zero-order valence-electron chi connectivity index (χ0n) is 16.3. The third kappa shape index (κ3) is 5.36. The molecule has 1 aromatic carbocycles. The summed E-state index contributed by atoms with van der Waals surface area (Å²) in [6, 6.07) is 11.4. The number of rotatable bonds is 7. The van der Waals surface area contributed by atoms with Crippen LogP contribution >= 0.6 is 0 Å². The van der Waals surface area contributed by atoms with Crippen LogP contribution in [0.15, 0.2) is 47.1 Å². The highest BCUT2D eigenvalue weighted by atomic mass is 16.3. The van der Waals surface area contributed by atoms with Gasteiger partial charge in [0, 0.05) is 25.2 Å². The second kappa shape index (κ2) is 9.09. The van der Waals surface area contributed by atoms with Crippen molar-refractivity contribution in [1.29, 1.82) is 0 Å². The molecular weight excluding hydrogens is 340 g/mol. The lowest BCUT2D eigenvalue weighted by atomic mass is 9.87. The van der Waals surface area contributed by atoms with E-state index in [2.05, 4.69) is 6.92 Å². The second-order valence-electron chi connectivity index (χ2n) is 7.77. The van der Waals surface area contributed by atoms with Gasteiger partial charge >= 0.3 is 0 Å². The van der Waals surface area contributed by atoms with Gasteiger partial charge < -0.3 is 14.4 Å². The zero-order chi connectivity index (χ0) is 19.2. The fourth-order valence-corrected chi connectivity index (χ4v) is 3.81. The second-order valence-corrected chi connectivity index (χ2v) is 7.77. The fourth-order valence-electron chi connectivity index (χ4n) is 3.81. The Bertz CT molecular complexity index is 721. The minimum absolute atomic E-state index is 0.122. The van der Waals surface area contributed by atoms with Crippen molar-refractivity contribution in [2.75, 3.05) is 13.6 Å². The van der Waals surface area contributed by atoms with Crippen LogP contribution in [0.25, 0.3) is 0 Å². The first-order valence-corrected chi connectivity index (χ1v) is 9.80. The lowest BCUT2D eigenvalue weighted by Gasteiger charge is -2.35. The number of para-hydroxylation sites is 1. The van der Waals surface area contributed by atoms with Gasteiger partial charge in [0.15, 0.2) is 0 Å². The molecule has 5 heteroatoms. The molecule has 1 aromatic heterocycles. The maximum Gasteiger partial charge on any atom is 0.236 e. The molecule has 1 heterocycles. The largest absolute Gasteiger partial charge is 0.508 e. The van der Waals surface area contributed by atoms with E-state index in [4.69, 9.17) is 4.42 Å². The molecule has 1 saturated carbocycles. The van der Waals surface area contributed by atoms with Crippen LogP contribution in [0.5, 0.6) is 5.75 Å². The summed E-state index contributed by atoms with van der Waals surface area (Å²) in [4.78, 5) is 16.9. The summed E-state index contributed by atoms with van der Waals surface area (Å²) >= 11 is 0. The van der Waals surface area contributed by atoms with Gasteiger partial charge in [0.05, 0.1) is 19.4 Å². The van der Waals surface area contributed by atoms with Crippen LogP contribution < -0.4 is 0 Å². The van der Waals surface area contributed by atoms with Gasteiger partial charge in [-0.2, -0.15) is 0 Å². The van der Waals surface area contributed by atoms with Gasteiger partial charge in [0.25, 0.3) is 0 Å². The number of aromatic hydroxyl groups is 1. The SMILES string of the molecule is CC1CCC(N(C)C(=O)CN(Cc2ccco2)Cc2ccccc2O)CC1. The number of carbonyl (C=O) groups excluding carboxylic acids is 1. The fraction of sp³-hybridized carbons (Fsp3) is 0.500. The van der Waals surface area contributed by atoms with E-state index in [1.807, 2.05) is 41.1 Å². The van der Waals surface area contributed by atoms with Crippen molar-refractivity contribution >= 4 is 5.91 Å². The highest BCUT2D eigenvalue weighted by Crippen LogP contribution is 2.27. The Hall–Kier alpha value is -2.27. The van der Waals surface area contributed by atoms with E-state index >= 15 is 0 Å². The molecule has 1 N–H and O–H groups in total. The van der Waals surface area contributed by atoms with Crippen molar-refractivity contribution in [3.8, 4) is 5.75 Å². The van der Waals surface area contributed by atoms with Gasteiger partial charge in [-0.05, 0) is 49.8 Å². The monoisotopic (exact) mass is 370 g/mol. The van der Waals surface area contributed by atoms with Crippen LogP contribution in [0.1, 0.15) is 43.9 Å². The van der Waals surface area contributed by atoms with Gasteiger partial charge in [0.1, 0.15) is 11.5 Å². The van der Waals surface area contributed by atoms with Crippen molar-refractivity contribution in [2.24, 2.45) is 5.92 Å². The van der Waals surface area contributed by atoms with E-state index in [0.717, 1.165) is 30.1 Å². The standard InChI is InChI=1S/C22H30N2O3/c1-17-9-11-19(12-10-17)23(2)22(26)16-24(15-20-7-5-13-27-20)14-18-6-3-4-8-21(18)25/h3-8,13,17,19,25H,9-12,14-16H2,1-2H3. The Kier molecular flexibility index (Phi) is 6.56. The minimum Gasteiger partial charge on any atom is -0.508 e. The lowest BCUT2D eigenvalue weighted by molar-refractivity contribution is -0.134. The highest BCUT2D eigenvalue weighted by Gasteiger charge is 2.26. The summed E-state index contributed by atoms with van der Waals surface area (Å²) < 4.78 is 5.47. The van der Waals surface area contributed by atoms with E-state index in [9.17, 15) is 9.90 Å². The molecule has 1 amide bonds. The number of hydrogen-bond donors (Lipinski definition) is 1. The number of benzene rings is 1. The van der Waals surface area contributed by atoms with Crippen LogP contribution in [0, 0.1) is 5.92 Å². The normalized spacial score (nSPS) is 20.0. The molecule has 0 radical (unpaired) electrons. The van der Waals surface area contributed by atoms with Crippen LogP contribution in [-0.4, -0.2) is 40.4 Å². The van der Waals surface area contributed by atoms with E-state index in [-0.39, 0.29) is 11.7 Å². The van der Waals surface area contributed by atoms with Crippen LogP contribution in [0.3, 0.4) is 0 Å². The summed E-state index contributed by atoms with van der Waals surface area (Å²) in [6.45, 7) is 3.62. The molecule has 5 nitrogen and oxygen atoms in total. The molecule has 0 spiro atoms. The Labute approximate surface area is 161 Å². The predicted octanol–water partition coefficient (Wildman–Crippen LogP) is 4.02. The van der Waals surface area contributed by atoms with Gasteiger partial charge in [-0.1, -0.05) is 25.1 Å². The molecule has 1 aliphatic rings. The number of carbonyl (C=O) groups is 1. The number of hydrogen-bond acceptors (Lipinski definition) is 4. The minimum atomic E-state index is 0.122. The van der Waals surface area contributed by atoms with Crippen LogP contribution in [-0.2, 0) is 17.9 Å². The molecule has 2 aromatic rings. The Morgan fingerprint density at radius 3 is 2.52 bits per heavy atom. The molecule has 0 aliphatic heterocycles. The van der Waals surface area contributed by atoms with Crippen molar-refractivity contribution in [2.45, 2.75) is 51.7 Å². The van der Waals surface area contributed by atoms with E-state index in [0.29, 0.717) is 25.7 Å². The molecule has 1 aliphatic carbocycles. The molecule has 146 valence electrons. The van der Waals surface area contributed by atoms with Gasteiger partial charge in [0.2, 0.25) is 5.91 Å². The third-order valence-corrected chi connectivity index (χ3v) is 5.63. The average Bonchev–Trinajstić information content (AvgIpc) is 3.16. The van der Waals surface area contributed by atoms with Crippen molar-refractivity contribution in [3.63, 3.8) is 0 Å². The first-order valence-electron chi connectivity index (χ1n) is 9.80. The molecule has 0 unspecified atom stereocenters. The summed E-state index contributed by atoms with van der Waals surface area (Å²) in [5.41, 5.74) is 0.811. The highest BCUT2D eigenvalue weighted by molar-refractivity contribution is 5.78. The summed E-state index contributed by atoms with van der Waals surface area (Å²) in [6.07, 6.45) is 6.19. The number of phenolic OH excluding ortho intramolecular Hbond substituents is 1. The first kappa shape index (κ1) is 19.5. The maximum atomic E-state index is 12.9. The van der Waals surface area contributed by atoms with Crippen molar-refractivity contribution < 1.29 is 14.3 Å². The van der Waals surface area contributed by atoms with E-state index < -0.39 is 0 Å². The van der Waals surface area contributed by atoms with E-state index in [1.165, 1.54) is 12.8 Å². The molecular formula is C22H30N2O3. The predicted molar refractivity (Wildman–Crippen MR) is 105 cm³/mol. The summed E-state index contributed by atoms with van der Waals surface area (Å²) in [5.74, 6) is 1.95. The van der Waals surface area contributed by atoms with Crippen molar-refractivity contribution in [3.05, 3.63) is 54.0 Å². The molecule has 27 heavy (non-hydrogen) atoms. The first-order chi connectivity index (χ1) is 13.0. The lowest BCUT2D eigenvalue weighted by Crippen LogP contribution is -2.44. The van der Waals surface area contributed by atoms with Crippen LogP contribution in [0.2, 0.25) is 0 Å². The number of likely N-dealkylation sites (N-methyl/N-ethyl adjacent to an activating group) is 1. The number of amides is 1. The Morgan fingerprint density at radius 1 is 1.11 bits per heavy atom.